The van der Waals surface area contributed by atoms with E-state index in [0.717, 1.165) is 28.2 Å². The second-order valence-electron chi connectivity index (χ2n) is 15.6. The summed E-state index contributed by atoms with van der Waals surface area (Å²) in [5.41, 5.74) is 15.2. The SMILES string of the molecule is c1ccc(-c2ccccc2-c2ccc(N(c3ccccc3-c3ccccc3)c3c(-c4cccc(-c5cccc6ccccc56)c4)c4ccccc4c4ccccc34)cc2)cc1. The lowest BCUT2D eigenvalue weighted by molar-refractivity contribution is 1.30. The first-order chi connectivity index (χ1) is 30.3. The van der Waals surface area contributed by atoms with Gasteiger partial charge in [0, 0.05) is 22.2 Å². The normalized spacial score (nSPS) is 11.3. The summed E-state index contributed by atoms with van der Waals surface area (Å²) in [4.78, 5) is 2.52. The Morgan fingerprint density at radius 3 is 1.39 bits per heavy atom. The van der Waals surface area contributed by atoms with Gasteiger partial charge < -0.3 is 4.90 Å². The van der Waals surface area contributed by atoms with Gasteiger partial charge in [-0.2, -0.15) is 0 Å². The van der Waals surface area contributed by atoms with Crippen molar-refractivity contribution in [1.29, 1.82) is 0 Å². The molecule has 0 N–H and O–H groups in total. The first-order valence-corrected chi connectivity index (χ1v) is 21.0. The van der Waals surface area contributed by atoms with E-state index in [2.05, 4.69) is 254 Å². The van der Waals surface area contributed by atoms with Gasteiger partial charge in [0.1, 0.15) is 0 Å². The zero-order valence-electron chi connectivity index (χ0n) is 33.6. The molecule has 11 rings (SSSR count). The number of para-hydroxylation sites is 1. The van der Waals surface area contributed by atoms with Gasteiger partial charge in [-0.3, -0.25) is 0 Å². The molecule has 0 heterocycles. The Kier molecular flexibility index (Phi) is 9.26. The lowest BCUT2D eigenvalue weighted by Crippen LogP contribution is -2.13. The third kappa shape index (κ3) is 6.54. The molecule has 0 bridgehead atoms. The minimum atomic E-state index is 1.08. The molecule has 0 atom stereocenters. The molecule has 0 aliphatic heterocycles. The summed E-state index contributed by atoms with van der Waals surface area (Å²) >= 11 is 0. The molecule has 0 amide bonds. The molecule has 1 heteroatoms. The standard InChI is InChI=1S/C60H41N/c1-3-19-42(20-4-1)49-28-9-10-29-51(49)45-37-39-48(40-38-45)61(58-36-16-15-30-53(58)44-21-5-2-6-22-44)60-57-34-14-12-32-55(57)54-31-11-13-33-56(54)59(60)47-26-17-25-46(41-47)52-35-18-24-43-23-7-8-27-50(43)52/h1-41H. The molecule has 0 spiro atoms. The minimum absolute atomic E-state index is 1.08. The minimum Gasteiger partial charge on any atom is -0.309 e. The Bertz CT molecular complexity index is 3340. The number of benzene rings is 11. The summed E-state index contributed by atoms with van der Waals surface area (Å²) in [6.07, 6.45) is 0. The van der Waals surface area contributed by atoms with Crippen molar-refractivity contribution in [1.82, 2.24) is 0 Å². The van der Waals surface area contributed by atoms with Crippen molar-refractivity contribution in [3.05, 3.63) is 249 Å². The average molecular weight is 776 g/mol. The highest BCUT2D eigenvalue weighted by Gasteiger charge is 2.26. The van der Waals surface area contributed by atoms with Crippen LogP contribution in [0, 0.1) is 0 Å². The van der Waals surface area contributed by atoms with Gasteiger partial charge >= 0.3 is 0 Å². The number of hydrogen-bond donors (Lipinski definition) is 0. The van der Waals surface area contributed by atoms with Crippen molar-refractivity contribution in [2.75, 3.05) is 4.90 Å². The van der Waals surface area contributed by atoms with Gasteiger partial charge in [-0.1, -0.05) is 224 Å². The summed E-state index contributed by atoms with van der Waals surface area (Å²) < 4.78 is 0. The van der Waals surface area contributed by atoms with E-state index in [-0.39, 0.29) is 0 Å². The van der Waals surface area contributed by atoms with Crippen LogP contribution >= 0.6 is 0 Å². The predicted molar refractivity (Wildman–Crippen MR) is 261 cm³/mol. The Morgan fingerprint density at radius 2 is 0.689 bits per heavy atom. The van der Waals surface area contributed by atoms with E-state index in [1.165, 1.54) is 76.8 Å². The summed E-state index contributed by atoms with van der Waals surface area (Å²) in [5.74, 6) is 0. The Morgan fingerprint density at radius 1 is 0.246 bits per heavy atom. The van der Waals surface area contributed by atoms with E-state index in [9.17, 15) is 0 Å². The van der Waals surface area contributed by atoms with Crippen LogP contribution in [0.2, 0.25) is 0 Å². The number of nitrogens with zero attached hydrogens (tertiary/aromatic N) is 1. The van der Waals surface area contributed by atoms with Crippen LogP contribution in [0.5, 0.6) is 0 Å². The van der Waals surface area contributed by atoms with Gasteiger partial charge in [0.2, 0.25) is 0 Å². The van der Waals surface area contributed by atoms with Crippen LogP contribution in [0.1, 0.15) is 0 Å². The third-order valence-corrected chi connectivity index (χ3v) is 12.1. The van der Waals surface area contributed by atoms with E-state index in [4.69, 9.17) is 0 Å². The van der Waals surface area contributed by atoms with E-state index < -0.39 is 0 Å². The predicted octanol–water partition coefficient (Wildman–Crippen LogP) is 17.0. The topological polar surface area (TPSA) is 3.24 Å². The quantitative estimate of drug-likeness (QED) is 0.139. The summed E-state index contributed by atoms with van der Waals surface area (Å²) in [6.45, 7) is 0. The zero-order chi connectivity index (χ0) is 40.5. The van der Waals surface area contributed by atoms with Gasteiger partial charge in [-0.15, -0.1) is 0 Å². The molecule has 0 saturated carbocycles. The van der Waals surface area contributed by atoms with E-state index in [1.54, 1.807) is 0 Å². The van der Waals surface area contributed by atoms with Crippen LogP contribution in [0.4, 0.5) is 17.1 Å². The van der Waals surface area contributed by atoms with Crippen molar-refractivity contribution in [3.8, 4) is 55.6 Å². The van der Waals surface area contributed by atoms with Crippen LogP contribution in [0.15, 0.2) is 249 Å². The van der Waals surface area contributed by atoms with Crippen LogP contribution < -0.4 is 4.90 Å². The van der Waals surface area contributed by atoms with Crippen molar-refractivity contribution in [2.24, 2.45) is 0 Å². The first-order valence-electron chi connectivity index (χ1n) is 21.0. The molecular formula is C60H41N. The van der Waals surface area contributed by atoms with Gasteiger partial charge in [0.25, 0.3) is 0 Å². The lowest BCUT2D eigenvalue weighted by atomic mass is 9.88. The van der Waals surface area contributed by atoms with Crippen LogP contribution in [-0.2, 0) is 0 Å². The smallest absolute Gasteiger partial charge is 0.0625 e. The van der Waals surface area contributed by atoms with Crippen LogP contribution in [-0.4, -0.2) is 0 Å². The fourth-order valence-corrected chi connectivity index (χ4v) is 9.28. The molecule has 61 heavy (non-hydrogen) atoms. The van der Waals surface area contributed by atoms with Crippen molar-refractivity contribution >= 4 is 49.4 Å². The molecule has 1 nitrogen and oxygen atoms in total. The van der Waals surface area contributed by atoms with Crippen LogP contribution in [0.3, 0.4) is 0 Å². The van der Waals surface area contributed by atoms with Gasteiger partial charge in [0.15, 0.2) is 0 Å². The molecule has 0 aliphatic rings. The molecule has 0 radical (unpaired) electrons. The Labute approximate surface area is 357 Å². The second kappa shape index (κ2) is 15.6. The highest BCUT2D eigenvalue weighted by molar-refractivity contribution is 6.23. The molecule has 0 unspecified atom stereocenters. The number of fused-ring (bicyclic) bond motifs is 4. The van der Waals surface area contributed by atoms with Crippen LogP contribution in [0.25, 0.3) is 88.0 Å². The van der Waals surface area contributed by atoms with Crippen molar-refractivity contribution in [2.45, 2.75) is 0 Å². The maximum absolute atomic E-state index is 2.52. The first kappa shape index (κ1) is 36.1. The van der Waals surface area contributed by atoms with Gasteiger partial charge in [-0.25, -0.2) is 0 Å². The largest absolute Gasteiger partial charge is 0.309 e. The highest BCUT2D eigenvalue weighted by atomic mass is 15.1. The number of hydrogen-bond acceptors (Lipinski definition) is 1. The Balaban J connectivity index is 1.20. The lowest BCUT2D eigenvalue weighted by Gasteiger charge is -2.32. The summed E-state index contributed by atoms with van der Waals surface area (Å²) in [5, 5.41) is 7.34. The number of anilines is 3. The molecule has 0 aliphatic carbocycles. The fraction of sp³-hybridized carbons (Fsp3) is 0. The molecule has 11 aromatic rings. The van der Waals surface area contributed by atoms with Crippen molar-refractivity contribution in [3.63, 3.8) is 0 Å². The second-order valence-corrected chi connectivity index (χ2v) is 15.6. The Hall–Kier alpha value is -8.00. The monoisotopic (exact) mass is 775 g/mol. The zero-order valence-corrected chi connectivity index (χ0v) is 33.6. The third-order valence-electron chi connectivity index (χ3n) is 12.1. The fourth-order valence-electron chi connectivity index (χ4n) is 9.28. The molecule has 286 valence electrons. The highest BCUT2D eigenvalue weighted by Crippen LogP contribution is 2.52. The molecular weight excluding hydrogens is 735 g/mol. The summed E-state index contributed by atoms with van der Waals surface area (Å²) in [7, 11) is 0. The molecule has 0 fully saturated rings. The number of rotatable bonds is 8. The molecule has 0 saturated heterocycles. The van der Waals surface area contributed by atoms with E-state index in [0.29, 0.717) is 0 Å². The molecule has 0 aromatic heterocycles. The van der Waals surface area contributed by atoms with Crippen molar-refractivity contribution < 1.29 is 0 Å². The van der Waals surface area contributed by atoms with Gasteiger partial charge in [-0.05, 0) is 95.7 Å². The van der Waals surface area contributed by atoms with E-state index >= 15 is 0 Å². The summed E-state index contributed by atoms with van der Waals surface area (Å²) in [6, 6.07) is 90.6. The maximum atomic E-state index is 2.52. The molecule has 11 aromatic carbocycles. The van der Waals surface area contributed by atoms with Gasteiger partial charge in [0.05, 0.1) is 11.4 Å². The maximum Gasteiger partial charge on any atom is 0.0625 e. The van der Waals surface area contributed by atoms with E-state index in [1.807, 2.05) is 0 Å². The average Bonchev–Trinajstić information content (AvgIpc) is 3.35.